The Morgan fingerprint density at radius 1 is 1.32 bits per heavy atom. The van der Waals surface area contributed by atoms with E-state index >= 15 is 0 Å². The molecule has 0 amide bonds. The molecule has 0 N–H and O–H groups in total. The summed E-state index contributed by atoms with van der Waals surface area (Å²) in [4.78, 5) is 16.1. The van der Waals surface area contributed by atoms with E-state index in [2.05, 4.69) is 4.98 Å². The largest absolute Gasteiger partial charge is 0.487 e. The summed E-state index contributed by atoms with van der Waals surface area (Å²) >= 11 is 0. The molecule has 2 aromatic heterocycles. The third-order valence-corrected chi connectivity index (χ3v) is 3.12. The molecule has 0 saturated heterocycles. The lowest BCUT2D eigenvalue weighted by Gasteiger charge is -2.03. The SMILES string of the molecule is COC(=O)c1cccn2cc(COc3cccc(F)c3)nc12. The Hall–Kier alpha value is -2.89. The maximum absolute atomic E-state index is 13.1. The van der Waals surface area contributed by atoms with Gasteiger partial charge < -0.3 is 13.9 Å². The van der Waals surface area contributed by atoms with Crippen molar-refractivity contribution in [3.63, 3.8) is 0 Å². The summed E-state index contributed by atoms with van der Waals surface area (Å²) < 4.78 is 25.0. The summed E-state index contributed by atoms with van der Waals surface area (Å²) in [6.07, 6.45) is 3.53. The van der Waals surface area contributed by atoms with Crippen LogP contribution in [0.1, 0.15) is 16.1 Å². The van der Waals surface area contributed by atoms with Crippen LogP contribution in [0, 0.1) is 5.82 Å². The molecule has 0 saturated carbocycles. The van der Waals surface area contributed by atoms with Gasteiger partial charge in [-0.2, -0.15) is 0 Å². The fourth-order valence-electron chi connectivity index (χ4n) is 2.12. The number of hydrogen-bond acceptors (Lipinski definition) is 4. The minimum Gasteiger partial charge on any atom is -0.487 e. The van der Waals surface area contributed by atoms with E-state index in [0.717, 1.165) is 0 Å². The molecule has 2 heterocycles. The van der Waals surface area contributed by atoms with Crippen LogP contribution in [0.4, 0.5) is 4.39 Å². The highest BCUT2D eigenvalue weighted by atomic mass is 19.1. The van der Waals surface area contributed by atoms with Gasteiger partial charge in [0, 0.05) is 18.5 Å². The molecule has 0 fully saturated rings. The van der Waals surface area contributed by atoms with E-state index in [1.54, 1.807) is 41.1 Å². The van der Waals surface area contributed by atoms with Gasteiger partial charge in [0.25, 0.3) is 0 Å². The van der Waals surface area contributed by atoms with Gasteiger partial charge >= 0.3 is 5.97 Å². The highest BCUT2D eigenvalue weighted by Crippen LogP contribution is 2.16. The van der Waals surface area contributed by atoms with Gasteiger partial charge in [-0.15, -0.1) is 0 Å². The Balaban J connectivity index is 1.85. The van der Waals surface area contributed by atoms with E-state index < -0.39 is 5.97 Å². The molecule has 0 atom stereocenters. The molecule has 0 bridgehead atoms. The van der Waals surface area contributed by atoms with Gasteiger partial charge in [-0.1, -0.05) is 6.07 Å². The lowest BCUT2D eigenvalue weighted by Crippen LogP contribution is -2.03. The van der Waals surface area contributed by atoms with E-state index in [9.17, 15) is 9.18 Å². The van der Waals surface area contributed by atoms with Crippen molar-refractivity contribution in [3.05, 3.63) is 65.9 Å². The average molecular weight is 300 g/mol. The van der Waals surface area contributed by atoms with Gasteiger partial charge in [0.15, 0.2) is 5.65 Å². The Labute approximate surface area is 125 Å². The lowest BCUT2D eigenvalue weighted by atomic mass is 10.3. The number of rotatable bonds is 4. The maximum atomic E-state index is 13.1. The number of pyridine rings is 1. The molecule has 22 heavy (non-hydrogen) atoms. The third kappa shape index (κ3) is 2.76. The number of imidazole rings is 1. The minimum atomic E-state index is -0.450. The fourth-order valence-corrected chi connectivity index (χ4v) is 2.12. The highest BCUT2D eigenvalue weighted by Gasteiger charge is 2.13. The monoisotopic (exact) mass is 300 g/mol. The minimum absolute atomic E-state index is 0.172. The molecular weight excluding hydrogens is 287 g/mol. The van der Waals surface area contributed by atoms with Crippen LogP contribution in [-0.4, -0.2) is 22.5 Å². The molecule has 0 aliphatic rings. The predicted molar refractivity (Wildman–Crippen MR) is 77.3 cm³/mol. The highest BCUT2D eigenvalue weighted by molar-refractivity contribution is 5.95. The van der Waals surface area contributed by atoms with Gasteiger partial charge in [0.1, 0.15) is 23.7 Å². The van der Waals surface area contributed by atoms with E-state index in [0.29, 0.717) is 22.7 Å². The van der Waals surface area contributed by atoms with E-state index in [-0.39, 0.29) is 12.4 Å². The van der Waals surface area contributed by atoms with Crippen molar-refractivity contribution in [2.45, 2.75) is 6.61 Å². The first-order valence-corrected chi connectivity index (χ1v) is 6.60. The van der Waals surface area contributed by atoms with Crippen LogP contribution in [0.5, 0.6) is 5.75 Å². The molecule has 3 aromatic rings. The molecule has 0 unspecified atom stereocenters. The molecule has 0 aliphatic carbocycles. The van der Waals surface area contributed by atoms with Crippen molar-refractivity contribution in [1.82, 2.24) is 9.38 Å². The number of benzene rings is 1. The number of hydrogen-bond donors (Lipinski definition) is 0. The van der Waals surface area contributed by atoms with Gasteiger partial charge in [-0.3, -0.25) is 0 Å². The number of ether oxygens (including phenoxy) is 2. The summed E-state index contributed by atoms with van der Waals surface area (Å²) in [7, 11) is 1.32. The number of carbonyl (C=O) groups is 1. The van der Waals surface area contributed by atoms with Crippen molar-refractivity contribution >= 4 is 11.6 Å². The maximum Gasteiger partial charge on any atom is 0.341 e. The first-order valence-electron chi connectivity index (χ1n) is 6.60. The first kappa shape index (κ1) is 14.1. The molecule has 0 spiro atoms. The second kappa shape index (κ2) is 5.85. The van der Waals surface area contributed by atoms with Crippen LogP contribution in [0.3, 0.4) is 0 Å². The van der Waals surface area contributed by atoms with E-state index in [1.165, 1.54) is 19.2 Å². The zero-order chi connectivity index (χ0) is 15.5. The lowest BCUT2D eigenvalue weighted by molar-refractivity contribution is 0.0602. The number of methoxy groups -OCH3 is 1. The summed E-state index contributed by atoms with van der Waals surface area (Å²) in [6.45, 7) is 0.172. The Kier molecular flexibility index (Phi) is 3.74. The topological polar surface area (TPSA) is 52.8 Å². The summed E-state index contributed by atoms with van der Waals surface area (Å²) in [5, 5.41) is 0. The van der Waals surface area contributed by atoms with Crippen molar-refractivity contribution in [3.8, 4) is 5.75 Å². The Bertz CT molecular complexity index is 829. The third-order valence-electron chi connectivity index (χ3n) is 3.12. The Morgan fingerprint density at radius 3 is 2.95 bits per heavy atom. The molecule has 3 rings (SSSR count). The smallest absolute Gasteiger partial charge is 0.341 e. The number of carbonyl (C=O) groups excluding carboxylic acids is 1. The van der Waals surface area contributed by atoms with Crippen LogP contribution in [0.25, 0.3) is 5.65 Å². The molecule has 0 aliphatic heterocycles. The predicted octanol–water partition coefficient (Wildman–Crippen LogP) is 2.84. The van der Waals surface area contributed by atoms with Crippen molar-refractivity contribution in [2.24, 2.45) is 0 Å². The zero-order valence-corrected chi connectivity index (χ0v) is 11.8. The van der Waals surface area contributed by atoms with Crippen molar-refractivity contribution in [2.75, 3.05) is 7.11 Å². The zero-order valence-electron chi connectivity index (χ0n) is 11.8. The molecule has 1 aromatic carbocycles. The van der Waals surface area contributed by atoms with E-state index in [4.69, 9.17) is 9.47 Å². The van der Waals surface area contributed by atoms with Gasteiger partial charge in [0.05, 0.1) is 12.8 Å². The summed E-state index contributed by atoms with van der Waals surface area (Å²) in [6, 6.07) is 9.27. The molecule has 5 nitrogen and oxygen atoms in total. The fraction of sp³-hybridized carbons (Fsp3) is 0.125. The standard InChI is InChI=1S/C16H13FN2O3/c1-21-16(20)14-6-3-7-19-9-12(18-15(14)19)10-22-13-5-2-4-11(17)8-13/h2-9H,10H2,1H3. The normalized spacial score (nSPS) is 10.6. The number of esters is 1. The first-order chi connectivity index (χ1) is 10.7. The summed E-state index contributed by atoms with van der Waals surface area (Å²) in [5.41, 5.74) is 1.50. The van der Waals surface area contributed by atoms with Crippen molar-refractivity contribution in [1.29, 1.82) is 0 Å². The average Bonchev–Trinajstić information content (AvgIpc) is 2.95. The summed E-state index contributed by atoms with van der Waals surface area (Å²) in [5.74, 6) is -0.389. The van der Waals surface area contributed by atoms with Gasteiger partial charge in [0.2, 0.25) is 0 Å². The number of aromatic nitrogens is 2. The Morgan fingerprint density at radius 2 is 2.18 bits per heavy atom. The van der Waals surface area contributed by atoms with Crippen LogP contribution in [-0.2, 0) is 11.3 Å². The molecule has 112 valence electrons. The van der Waals surface area contributed by atoms with Gasteiger partial charge in [-0.25, -0.2) is 14.2 Å². The van der Waals surface area contributed by atoms with Crippen LogP contribution in [0.2, 0.25) is 0 Å². The quantitative estimate of drug-likeness (QED) is 0.695. The molecule has 0 radical (unpaired) electrons. The van der Waals surface area contributed by atoms with Gasteiger partial charge in [-0.05, 0) is 24.3 Å². The van der Waals surface area contributed by atoms with Crippen LogP contribution < -0.4 is 4.74 Å². The molecule has 6 heteroatoms. The number of nitrogens with zero attached hydrogens (tertiary/aromatic N) is 2. The van der Waals surface area contributed by atoms with Crippen LogP contribution in [0.15, 0.2) is 48.8 Å². The second-order valence-electron chi connectivity index (χ2n) is 4.62. The second-order valence-corrected chi connectivity index (χ2v) is 4.62. The molecular formula is C16H13FN2O3. The van der Waals surface area contributed by atoms with Crippen molar-refractivity contribution < 1.29 is 18.7 Å². The van der Waals surface area contributed by atoms with E-state index in [1.807, 2.05) is 0 Å². The number of fused-ring (bicyclic) bond motifs is 1. The number of halogens is 1. The van der Waals surface area contributed by atoms with Crippen LogP contribution >= 0.6 is 0 Å².